The van der Waals surface area contributed by atoms with Gasteiger partial charge in [0.2, 0.25) is 0 Å². The molecule has 0 spiro atoms. The molecule has 0 aliphatic heterocycles. The van der Waals surface area contributed by atoms with Crippen molar-refractivity contribution in [3.05, 3.63) is 30.3 Å². The number of aliphatic hydroxyl groups excluding tert-OH is 2. The first-order valence-electron chi connectivity index (χ1n) is 6.43. The van der Waals surface area contributed by atoms with E-state index in [4.69, 9.17) is 24.7 Å². The fraction of sp³-hybridized carbons (Fsp3) is 0.538. The van der Waals surface area contributed by atoms with Crippen molar-refractivity contribution in [2.24, 2.45) is 0 Å². The lowest BCUT2D eigenvalue weighted by molar-refractivity contribution is 0.110. The summed E-state index contributed by atoms with van der Waals surface area (Å²) in [6.07, 6.45) is -0.560. The van der Waals surface area contributed by atoms with E-state index in [9.17, 15) is 4.57 Å². The summed E-state index contributed by atoms with van der Waals surface area (Å²) < 4.78 is 19.4. The maximum atomic E-state index is 10.3. The number of phosphoric ester groups is 1. The van der Waals surface area contributed by atoms with E-state index in [0.717, 1.165) is 13.2 Å². The van der Waals surface area contributed by atoms with E-state index in [2.05, 4.69) is 4.52 Å². The molecule has 0 saturated carbocycles. The highest BCUT2D eigenvalue weighted by Crippen LogP contribution is 2.36. The Bertz CT molecular complexity index is 362. The fourth-order valence-electron chi connectivity index (χ4n) is 0.823. The minimum atomic E-state index is -4.39. The predicted molar refractivity (Wildman–Crippen MR) is 80.0 cm³/mol. The highest BCUT2D eigenvalue weighted by atomic mass is 31.2. The average Bonchev–Trinajstić information content (AvgIpc) is 2.40. The van der Waals surface area contributed by atoms with Crippen LogP contribution in [0, 0.1) is 0 Å². The Kier molecular flexibility index (Phi) is 14.9. The van der Waals surface area contributed by atoms with E-state index in [1.807, 2.05) is 13.8 Å². The van der Waals surface area contributed by atoms with Crippen LogP contribution in [0.25, 0.3) is 0 Å². The highest BCUT2D eigenvalue weighted by Gasteiger charge is 2.14. The van der Waals surface area contributed by atoms with Crippen molar-refractivity contribution in [3.63, 3.8) is 0 Å². The lowest BCUT2D eigenvalue weighted by atomic mass is 10.3. The molecule has 7 nitrogen and oxygen atoms in total. The number of rotatable bonds is 5. The van der Waals surface area contributed by atoms with Gasteiger partial charge in [-0.05, 0) is 32.9 Å². The van der Waals surface area contributed by atoms with Crippen LogP contribution in [0.2, 0.25) is 0 Å². The van der Waals surface area contributed by atoms with Gasteiger partial charge >= 0.3 is 7.82 Å². The van der Waals surface area contributed by atoms with Gasteiger partial charge in [0.05, 0.1) is 12.7 Å². The van der Waals surface area contributed by atoms with Gasteiger partial charge in [-0.1, -0.05) is 18.2 Å². The Morgan fingerprint density at radius 3 is 1.81 bits per heavy atom. The summed E-state index contributed by atoms with van der Waals surface area (Å²) in [6.45, 7) is 7.06. The molecule has 0 fully saturated rings. The van der Waals surface area contributed by atoms with Crippen LogP contribution in [0.1, 0.15) is 20.8 Å². The van der Waals surface area contributed by atoms with Gasteiger partial charge in [-0.25, -0.2) is 4.57 Å². The zero-order valence-electron chi connectivity index (χ0n) is 12.5. The molecule has 0 saturated heterocycles. The molecule has 0 aromatic heterocycles. The molecule has 1 unspecified atom stereocenters. The van der Waals surface area contributed by atoms with Gasteiger partial charge in [-0.3, -0.25) is 9.79 Å². The van der Waals surface area contributed by atoms with Crippen LogP contribution in [0.3, 0.4) is 0 Å². The number of ether oxygens (including phenoxy) is 1. The van der Waals surface area contributed by atoms with Crippen LogP contribution in [0.4, 0.5) is 0 Å². The maximum absolute atomic E-state index is 10.3. The van der Waals surface area contributed by atoms with Crippen molar-refractivity contribution in [1.29, 1.82) is 0 Å². The molecule has 0 aliphatic carbocycles. The van der Waals surface area contributed by atoms with E-state index in [0.29, 0.717) is 0 Å². The van der Waals surface area contributed by atoms with Gasteiger partial charge in [0, 0.05) is 13.2 Å². The lowest BCUT2D eigenvalue weighted by Crippen LogP contribution is -2.03. The molecule has 1 aromatic carbocycles. The van der Waals surface area contributed by atoms with Gasteiger partial charge < -0.3 is 19.5 Å². The Labute approximate surface area is 125 Å². The van der Waals surface area contributed by atoms with Crippen LogP contribution in [-0.2, 0) is 9.30 Å². The number of para-hydroxylation sites is 1. The van der Waals surface area contributed by atoms with Gasteiger partial charge in [0.1, 0.15) is 5.75 Å². The van der Waals surface area contributed by atoms with Crippen molar-refractivity contribution in [1.82, 2.24) is 0 Å². The van der Waals surface area contributed by atoms with Gasteiger partial charge in [-0.2, -0.15) is 0 Å². The SMILES string of the molecule is CC(O)CO.CCOCC.O=P(O)(O)Oc1ccccc1. The first-order valence-corrected chi connectivity index (χ1v) is 7.96. The maximum Gasteiger partial charge on any atom is 0.524 e. The Hall–Kier alpha value is -0.950. The molecule has 1 atom stereocenters. The van der Waals surface area contributed by atoms with Crippen LogP contribution in [-0.4, -0.2) is 45.9 Å². The fourth-order valence-corrected chi connectivity index (χ4v) is 1.22. The smallest absolute Gasteiger partial charge is 0.404 e. The minimum Gasteiger partial charge on any atom is -0.404 e. The third-order valence-corrected chi connectivity index (χ3v) is 2.09. The van der Waals surface area contributed by atoms with Crippen LogP contribution >= 0.6 is 7.82 Å². The summed E-state index contributed by atoms with van der Waals surface area (Å²) in [6, 6.07) is 7.93. The Morgan fingerprint density at radius 1 is 1.14 bits per heavy atom. The number of hydrogen-bond donors (Lipinski definition) is 4. The Balaban J connectivity index is 0. The van der Waals surface area contributed by atoms with E-state index >= 15 is 0 Å². The van der Waals surface area contributed by atoms with E-state index in [1.54, 1.807) is 18.2 Å². The van der Waals surface area contributed by atoms with Crippen LogP contribution < -0.4 is 4.52 Å². The van der Waals surface area contributed by atoms with Crippen molar-refractivity contribution >= 4 is 7.82 Å². The second-order valence-corrected chi connectivity index (χ2v) is 4.87. The van der Waals surface area contributed by atoms with Crippen molar-refractivity contribution in [3.8, 4) is 5.75 Å². The van der Waals surface area contributed by atoms with E-state index in [1.165, 1.54) is 19.1 Å². The molecule has 21 heavy (non-hydrogen) atoms. The normalized spacial score (nSPS) is 11.4. The second kappa shape index (κ2) is 14.0. The lowest BCUT2D eigenvalue weighted by Gasteiger charge is -2.04. The topological polar surface area (TPSA) is 116 Å². The molecule has 4 N–H and O–H groups in total. The summed E-state index contributed by atoms with van der Waals surface area (Å²) in [5.41, 5.74) is 0. The molecule has 0 bridgehead atoms. The molecule has 0 aliphatic rings. The monoisotopic (exact) mass is 324 g/mol. The number of aliphatic hydroxyl groups is 2. The summed E-state index contributed by atoms with van der Waals surface area (Å²) in [7, 11) is -4.39. The zero-order chi connectivity index (χ0) is 16.7. The van der Waals surface area contributed by atoms with Gasteiger partial charge in [0.25, 0.3) is 0 Å². The first kappa shape index (κ1) is 22.3. The van der Waals surface area contributed by atoms with E-state index in [-0.39, 0.29) is 12.4 Å². The molecule has 124 valence electrons. The third-order valence-electron chi connectivity index (χ3n) is 1.64. The predicted octanol–water partition coefficient (Wildman–Crippen LogP) is 1.56. The summed E-state index contributed by atoms with van der Waals surface area (Å²) >= 11 is 0. The summed E-state index contributed by atoms with van der Waals surface area (Å²) in [4.78, 5) is 16.7. The van der Waals surface area contributed by atoms with E-state index < -0.39 is 13.9 Å². The standard InChI is InChI=1S/C6H7O4P.C4H10O.C3H8O2/c7-11(8,9)10-6-4-2-1-3-5-6;1-3-5-4-2;1-3(5)2-4/h1-5H,(H2,7,8,9);3-4H2,1-2H3;3-5H,2H2,1H3. The van der Waals surface area contributed by atoms with Crippen LogP contribution in [0.5, 0.6) is 5.75 Å². The molecule has 8 heteroatoms. The second-order valence-electron chi connectivity index (χ2n) is 3.71. The Morgan fingerprint density at radius 2 is 1.57 bits per heavy atom. The molecule has 0 heterocycles. The summed E-state index contributed by atoms with van der Waals surface area (Å²) in [5, 5.41) is 16.0. The molecule has 1 aromatic rings. The molecule has 1 rings (SSSR count). The highest BCUT2D eigenvalue weighted by molar-refractivity contribution is 7.46. The van der Waals surface area contributed by atoms with Crippen molar-refractivity contribution in [2.45, 2.75) is 26.9 Å². The van der Waals surface area contributed by atoms with Crippen LogP contribution in [0.15, 0.2) is 30.3 Å². The molecule has 0 amide bonds. The summed E-state index contributed by atoms with van der Waals surface area (Å²) in [5.74, 6) is 0.167. The molecular weight excluding hydrogens is 299 g/mol. The third kappa shape index (κ3) is 21.5. The quantitative estimate of drug-likeness (QED) is 0.607. The first-order chi connectivity index (χ1) is 9.76. The van der Waals surface area contributed by atoms with Gasteiger partial charge in [-0.15, -0.1) is 0 Å². The molecular formula is C13H25O7P. The largest absolute Gasteiger partial charge is 0.524 e. The zero-order valence-corrected chi connectivity index (χ0v) is 13.4. The average molecular weight is 324 g/mol. The molecule has 0 radical (unpaired) electrons. The number of phosphoric acid groups is 1. The van der Waals surface area contributed by atoms with Crippen molar-refractivity contribution in [2.75, 3.05) is 19.8 Å². The van der Waals surface area contributed by atoms with Gasteiger partial charge in [0.15, 0.2) is 0 Å². The number of hydrogen-bond acceptors (Lipinski definition) is 5. The minimum absolute atomic E-state index is 0.139. The number of benzene rings is 1. The van der Waals surface area contributed by atoms with Crippen molar-refractivity contribution < 1.29 is 33.8 Å².